The van der Waals surface area contributed by atoms with Crippen LogP contribution < -0.4 is 19.1 Å². The molecule has 1 amide bonds. The molecule has 0 radical (unpaired) electrons. The van der Waals surface area contributed by atoms with Gasteiger partial charge in [-0.2, -0.15) is 0 Å². The Morgan fingerprint density at radius 1 is 0.902 bits per heavy atom. The van der Waals surface area contributed by atoms with E-state index in [1.54, 1.807) is 25.1 Å². The first-order valence-electron chi connectivity index (χ1n) is 12.2. The first kappa shape index (κ1) is 29.8. The van der Waals surface area contributed by atoms with Crippen LogP contribution in [0.3, 0.4) is 0 Å². The van der Waals surface area contributed by atoms with Gasteiger partial charge in [-0.05, 0) is 92.7 Å². The van der Waals surface area contributed by atoms with E-state index in [-0.39, 0.29) is 27.1 Å². The number of nitrogens with one attached hydrogen (secondary N) is 2. The highest BCUT2D eigenvalue weighted by atomic mass is 35.5. The molecule has 0 aliphatic heterocycles. The van der Waals surface area contributed by atoms with E-state index in [2.05, 4.69) is 20.0 Å². The maximum Gasteiger partial charge on any atom is 0.264 e. The number of anilines is 3. The van der Waals surface area contributed by atoms with E-state index >= 15 is 0 Å². The average Bonchev–Trinajstić information content (AvgIpc) is 2.93. The Bertz CT molecular complexity index is 1730. The molecule has 214 valence electrons. The molecule has 0 atom stereocenters. The fourth-order valence-electron chi connectivity index (χ4n) is 3.65. The van der Waals surface area contributed by atoms with Crippen molar-refractivity contribution in [1.29, 1.82) is 0 Å². The third-order valence-electron chi connectivity index (χ3n) is 5.59. The molecule has 1 aromatic heterocycles. The molecular formula is C27H26ClN5O6S2. The van der Waals surface area contributed by atoms with E-state index in [1.807, 2.05) is 6.92 Å². The highest BCUT2D eigenvalue weighted by Gasteiger charge is 2.27. The summed E-state index contributed by atoms with van der Waals surface area (Å²) in [6, 6.07) is 18.9. The standard InChI is InChI=1S/C27H26ClN5O6S2/c1-3-39-23-10-8-22(9-11-23)33(41(37,38)25-12-4-20(28)5-13-25)18-26(34)31-21-6-14-24(15-7-21)40(35,36)32-27-29-17-16-19(2)30-27/h4-17H,3,18H2,1-2H3,(H,31,34)(H,29,30,32). The lowest BCUT2D eigenvalue weighted by Crippen LogP contribution is -2.38. The number of halogens is 1. The lowest BCUT2D eigenvalue weighted by Gasteiger charge is -2.24. The molecular weight excluding hydrogens is 590 g/mol. The van der Waals surface area contributed by atoms with E-state index in [0.29, 0.717) is 23.1 Å². The van der Waals surface area contributed by atoms with Gasteiger partial charge in [-0.3, -0.25) is 9.10 Å². The molecule has 0 fully saturated rings. The molecule has 1 heterocycles. The van der Waals surface area contributed by atoms with Gasteiger partial charge in [-0.15, -0.1) is 0 Å². The molecule has 0 aliphatic rings. The number of aryl methyl sites for hydroxylation is 1. The van der Waals surface area contributed by atoms with Crippen LogP contribution in [-0.2, 0) is 24.8 Å². The lowest BCUT2D eigenvalue weighted by atomic mass is 10.3. The van der Waals surface area contributed by atoms with E-state index in [1.165, 1.54) is 66.9 Å². The van der Waals surface area contributed by atoms with Crippen LogP contribution in [0.2, 0.25) is 5.02 Å². The Balaban J connectivity index is 1.53. The van der Waals surface area contributed by atoms with E-state index in [4.69, 9.17) is 16.3 Å². The molecule has 0 aliphatic carbocycles. The Hall–Kier alpha value is -4.20. The van der Waals surface area contributed by atoms with Gasteiger partial charge in [0.15, 0.2) is 0 Å². The van der Waals surface area contributed by atoms with Gasteiger partial charge in [0, 0.05) is 22.6 Å². The first-order valence-corrected chi connectivity index (χ1v) is 15.5. The van der Waals surface area contributed by atoms with E-state index in [9.17, 15) is 21.6 Å². The van der Waals surface area contributed by atoms with Crippen molar-refractivity contribution in [3.63, 3.8) is 0 Å². The number of rotatable bonds is 11. The predicted molar refractivity (Wildman–Crippen MR) is 156 cm³/mol. The molecule has 4 rings (SSSR count). The minimum absolute atomic E-state index is 0.0526. The molecule has 0 unspecified atom stereocenters. The van der Waals surface area contributed by atoms with Crippen LogP contribution in [0.4, 0.5) is 17.3 Å². The van der Waals surface area contributed by atoms with Gasteiger partial charge in [-0.25, -0.2) is 31.5 Å². The second-order valence-electron chi connectivity index (χ2n) is 8.59. The van der Waals surface area contributed by atoms with E-state index < -0.39 is 32.5 Å². The molecule has 3 aromatic carbocycles. The summed E-state index contributed by atoms with van der Waals surface area (Å²) in [6.45, 7) is 3.40. The van der Waals surface area contributed by atoms with Gasteiger partial charge < -0.3 is 10.1 Å². The highest BCUT2D eigenvalue weighted by molar-refractivity contribution is 7.93. The molecule has 0 saturated carbocycles. The molecule has 0 bridgehead atoms. The molecule has 11 nitrogen and oxygen atoms in total. The average molecular weight is 616 g/mol. The fourth-order valence-corrected chi connectivity index (χ4v) is 6.15. The zero-order chi connectivity index (χ0) is 29.6. The number of benzene rings is 3. The monoisotopic (exact) mass is 615 g/mol. The van der Waals surface area contributed by atoms with Crippen molar-refractivity contribution in [3.05, 3.63) is 95.8 Å². The number of hydrogen-bond donors (Lipinski definition) is 2. The number of hydrogen-bond acceptors (Lipinski definition) is 8. The van der Waals surface area contributed by atoms with Crippen molar-refractivity contribution >= 4 is 54.9 Å². The van der Waals surface area contributed by atoms with Crippen molar-refractivity contribution in [2.75, 3.05) is 27.5 Å². The molecule has 41 heavy (non-hydrogen) atoms. The van der Waals surface area contributed by atoms with Crippen LogP contribution in [0, 0.1) is 6.92 Å². The highest BCUT2D eigenvalue weighted by Crippen LogP contribution is 2.27. The number of ether oxygens (including phenoxy) is 1. The summed E-state index contributed by atoms with van der Waals surface area (Å²) in [5.74, 6) is -0.181. The van der Waals surface area contributed by atoms with Crippen molar-refractivity contribution in [2.24, 2.45) is 0 Å². The summed E-state index contributed by atoms with van der Waals surface area (Å²) >= 11 is 5.93. The zero-order valence-electron chi connectivity index (χ0n) is 22.0. The number of amides is 1. The van der Waals surface area contributed by atoms with E-state index in [0.717, 1.165) is 4.31 Å². The summed E-state index contributed by atoms with van der Waals surface area (Å²) in [6.07, 6.45) is 1.43. The van der Waals surface area contributed by atoms with Gasteiger partial charge in [0.25, 0.3) is 20.0 Å². The third kappa shape index (κ3) is 7.51. The second kappa shape index (κ2) is 12.5. The fraction of sp³-hybridized carbons (Fsp3) is 0.148. The normalized spacial score (nSPS) is 11.5. The SMILES string of the molecule is CCOc1ccc(N(CC(=O)Nc2ccc(S(=O)(=O)Nc3nccc(C)n3)cc2)S(=O)(=O)c2ccc(Cl)cc2)cc1. The van der Waals surface area contributed by atoms with Gasteiger partial charge in [0.05, 0.1) is 22.1 Å². The van der Waals surface area contributed by atoms with Crippen molar-refractivity contribution in [2.45, 2.75) is 23.6 Å². The van der Waals surface area contributed by atoms with Crippen molar-refractivity contribution < 1.29 is 26.4 Å². The minimum Gasteiger partial charge on any atom is -0.494 e. The molecule has 4 aromatic rings. The first-order chi connectivity index (χ1) is 19.5. The van der Waals surface area contributed by atoms with Crippen molar-refractivity contribution in [1.82, 2.24) is 9.97 Å². The largest absolute Gasteiger partial charge is 0.494 e. The number of sulfonamides is 2. The summed E-state index contributed by atoms with van der Waals surface area (Å²) in [4.78, 5) is 20.8. The number of carbonyl (C=O) groups excluding carboxylic acids is 1. The Labute approximate surface area is 243 Å². The number of carbonyl (C=O) groups is 1. The second-order valence-corrected chi connectivity index (χ2v) is 12.6. The summed E-state index contributed by atoms with van der Waals surface area (Å²) in [7, 11) is -8.15. The molecule has 0 saturated heterocycles. The van der Waals surface area contributed by atoms with Gasteiger partial charge >= 0.3 is 0 Å². The van der Waals surface area contributed by atoms with Crippen LogP contribution in [0.5, 0.6) is 5.75 Å². The zero-order valence-corrected chi connectivity index (χ0v) is 24.4. The molecule has 2 N–H and O–H groups in total. The van der Waals surface area contributed by atoms with Gasteiger partial charge in [0.1, 0.15) is 12.3 Å². The van der Waals surface area contributed by atoms with Crippen LogP contribution >= 0.6 is 11.6 Å². The Morgan fingerprint density at radius 3 is 2.15 bits per heavy atom. The molecule has 14 heteroatoms. The van der Waals surface area contributed by atoms with Crippen LogP contribution in [0.25, 0.3) is 0 Å². The predicted octanol–water partition coefficient (Wildman–Crippen LogP) is 4.47. The minimum atomic E-state index is -4.17. The maximum absolute atomic E-state index is 13.6. The topological polar surface area (TPSA) is 148 Å². The Kier molecular flexibility index (Phi) is 9.11. The maximum atomic E-state index is 13.6. The molecule has 0 spiro atoms. The van der Waals surface area contributed by atoms with Gasteiger partial charge in [-0.1, -0.05) is 11.6 Å². The van der Waals surface area contributed by atoms with Crippen molar-refractivity contribution in [3.8, 4) is 5.75 Å². The number of nitrogens with zero attached hydrogens (tertiary/aromatic N) is 3. The van der Waals surface area contributed by atoms with Crippen LogP contribution in [0.15, 0.2) is 94.9 Å². The van der Waals surface area contributed by atoms with Gasteiger partial charge in [0.2, 0.25) is 11.9 Å². The number of aromatic nitrogens is 2. The van der Waals surface area contributed by atoms with Crippen LogP contribution in [-0.4, -0.2) is 45.9 Å². The van der Waals surface area contributed by atoms with Crippen LogP contribution in [0.1, 0.15) is 12.6 Å². The smallest absolute Gasteiger partial charge is 0.264 e. The summed E-state index contributed by atoms with van der Waals surface area (Å²) in [5, 5.41) is 2.97. The summed E-state index contributed by atoms with van der Waals surface area (Å²) < 4.78 is 61.2. The Morgan fingerprint density at radius 2 is 1.54 bits per heavy atom. The quantitative estimate of drug-likeness (QED) is 0.251. The lowest BCUT2D eigenvalue weighted by molar-refractivity contribution is -0.114. The summed E-state index contributed by atoms with van der Waals surface area (Å²) in [5.41, 5.74) is 1.09. The third-order valence-corrected chi connectivity index (χ3v) is 8.98.